The van der Waals surface area contributed by atoms with Crippen LogP contribution in [0, 0.1) is 0 Å². The minimum atomic E-state index is 0.983. The number of allylic oxidation sites excluding steroid dienone is 4. The molecular weight excluding hydrogens is 170 g/mol. The van der Waals surface area contributed by atoms with Crippen LogP contribution < -0.4 is 0 Å². The van der Waals surface area contributed by atoms with Crippen molar-refractivity contribution >= 4 is 11.9 Å². The van der Waals surface area contributed by atoms with Gasteiger partial charge >= 0.3 is 0 Å². The Morgan fingerprint density at radius 3 is 2.57 bits per heavy atom. The third kappa shape index (κ3) is 3.85. The Morgan fingerprint density at radius 1 is 1.21 bits per heavy atom. The van der Waals surface area contributed by atoms with Crippen molar-refractivity contribution in [1.82, 2.24) is 0 Å². The van der Waals surface area contributed by atoms with Crippen LogP contribution in [0.2, 0.25) is 0 Å². The van der Waals surface area contributed by atoms with E-state index < -0.39 is 0 Å². The van der Waals surface area contributed by atoms with Gasteiger partial charge in [-0.3, -0.25) is 4.99 Å². The molecule has 0 aromatic heterocycles. The molecule has 0 spiro atoms. The highest BCUT2D eigenvalue weighted by Crippen LogP contribution is 2.08. The first-order chi connectivity index (χ1) is 6.83. The van der Waals surface area contributed by atoms with Crippen LogP contribution in [0.25, 0.3) is 0 Å². The van der Waals surface area contributed by atoms with Gasteiger partial charge in [0.2, 0.25) is 0 Å². The molecule has 1 aromatic rings. The molecule has 1 aromatic carbocycles. The molecule has 14 heavy (non-hydrogen) atoms. The lowest BCUT2D eigenvalue weighted by atomic mass is 10.2. The van der Waals surface area contributed by atoms with Gasteiger partial charge in [0.05, 0.1) is 5.69 Å². The summed E-state index contributed by atoms with van der Waals surface area (Å²) in [5.41, 5.74) is 2.18. The van der Waals surface area contributed by atoms with E-state index in [0.29, 0.717) is 0 Å². The first kappa shape index (κ1) is 10.5. The quantitative estimate of drug-likeness (QED) is 0.500. The van der Waals surface area contributed by atoms with Crippen molar-refractivity contribution in [3.05, 3.63) is 54.1 Å². The van der Waals surface area contributed by atoms with Crippen LogP contribution >= 0.6 is 0 Å². The largest absolute Gasteiger partial charge is 0.257 e. The Kier molecular flexibility index (Phi) is 4.42. The van der Waals surface area contributed by atoms with Crippen LogP contribution in [0.5, 0.6) is 0 Å². The third-order valence-electron chi connectivity index (χ3n) is 1.75. The first-order valence-corrected chi connectivity index (χ1v) is 4.71. The first-order valence-electron chi connectivity index (χ1n) is 4.71. The summed E-state index contributed by atoms with van der Waals surface area (Å²) in [5.74, 6) is 0. The second-order valence-electron chi connectivity index (χ2n) is 3.02. The van der Waals surface area contributed by atoms with Crippen molar-refractivity contribution in [3.8, 4) is 0 Å². The second kappa shape index (κ2) is 5.92. The van der Waals surface area contributed by atoms with Gasteiger partial charge in [0.1, 0.15) is 0 Å². The van der Waals surface area contributed by atoms with E-state index in [1.165, 1.54) is 5.57 Å². The predicted octanol–water partition coefficient (Wildman–Crippen LogP) is 3.91. The van der Waals surface area contributed by atoms with E-state index in [2.05, 4.69) is 18.0 Å². The molecule has 0 aliphatic rings. The molecule has 0 saturated heterocycles. The molecule has 1 rings (SSSR count). The molecule has 0 bridgehead atoms. The van der Waals surface area contributed by atoms with Crippen LogP contribution in [0.15, 0.2) is 59.1 Å². The summed E-state index contributed by atoms with van der Waals surface area (Å²) in [6.45, 7) is 4.06. The molecule has 0 radical (unpaired) electrons. The molecule has 1 heteroatoms. The van der Waals surface area contributed by atoms with E-state index in [-0.39, 0.29) is 0 Å². The molecule has 0 aliphatic heterocycles. The molecule has 0 N–H and O–H groups in total. The standard InChI is InChI=1S/C13H15N/c1-3-7-12(2)10-11-14-13-8-5-4-6-9-13/h3-11H,1-2H3/b7-3+,12-10+,14-11+. The zero-order valence-corrected chi connectivity index (χ0v) is 8.64. The highest BCUT2D eigenvalue weighted by molar-refractivity contribution is 5.75. The molecule has 72 valence electrons. The summed E-state index contributed by atoms with van der Waals surface area (Å²) in [6, 6.07) is 9.91. The Bertz CT molecular complexity index is 345. The van der Waals surface area contributed by atoms with Crippen molar-refractivity contribution in [1.29, 1.82) is 0 Å². The zero-order chi connectivity index (χ0) is 10.2. The summed E-state index contributed by atoms with van der Waals surface area (Å²) in [5, 5.41) is 0. The smallest absolute Gasteiger partial charge is 0.0629 e. The molecule has 0 aliphatic carbocycles. The van der Waals surface area contributed by atoms with Gasteiger partial charge < -0.3 is 0 Å². The molecule has 0 amide bonds. The lowest BCUT2D eigenvalue weighted by Crippen LogP contribution is -1.70. The topological polar surface area (TPSA) is 12.4 Å². The van der Waals surface area contributed by atoms with Crippen molar-refractivity contribution in [3.63, 3.8) is 0 Å². The second-order valence-corrected chi connectivity index (χ2v) is 3.02. The van der Waals surface area contributed by atoms with Crippen molar-refractivity contribution in [2.24, 2.45) is 4.99 Å². The Hall–Kier alpha value is -1.63. The van der Waals surface area contributed by atoms with E-state index in [9.17, 15) is 0 Å². The van der Waals surface area contributed by atoms with E-state index >= 15 is 0 Å². The number of benzene rings is 1. The molecular formula is C13H15N. The maximum atomic E-state index is 4.29. The normalized spacial score (nSPS) is 12.9. The number of rotatable bonds is 3. The summed E-state index contributed by atoms with van der Waals surface area (Å²) < 4.78 is 0. The molecule has 0 unspecified atom stereocenters. The average molecular weight is 185 g/mol. The summed E-state index contributed by atoms with van der Waals surface area (Å²) in [7, 11) is 0. The minimum absolute atomic E-state index is 0.983. The van der Waals surface area contributed by atoms with E-state index in [0.717, 1.165) is 5.69 Å². The van der Waals surface area contributed by atoms with Gasteiger partial charge in [-0.1, -0.05) is 30.4 Å². The van der Waals surface area contributed by atoms with E-state index in [4.69, 9.17) is 0 Å². The lowest BCUT2D eigenvalue weighted by molar-refractivity contribution is 1.50. The van der Waals surface area contributed by atoms with Gasteiger partial charge in [0.15, 0.2) is 0 Å². The van der Waals surface area contributed by atoms with Gasteiger partial charge in [-0.15, -0.1) is 0 Å². The van der Waals surface area contributed by atoms with Gasteiger partial charge in [0, 0.05) is 6.21 Å². The number of nitrogens with zero attached hydrogens (tertiary/aromatic N) is 1. The summed E-state index contributed by atoms with van der Waals surface area (Å²) in [6.07, 6.45) is 7.89. The van der Waals surface area contributed by atoms with Crippen molar-refractivity contribution in [2.75, 3.05) is 0 Å². The highest BCUT2D eigenvalue weighted by atomic mass is 14.7. The van der Waals surface area contributed by atoms with Crippen molar-refractivity contribution in [2.45, 2.75) is 13.8 Å². The molecule has 1 nitrogen and oxygen atoms in total. The molecule has 0 fully saturated rings. The number of hydrogen-bond acceptors (Lipinski definition) is 1. The monoisotopic (exact) mass is 185 g/mol. The zero-order valence-electron chi connectivity index (χ0n) is 8.64. The van der Waals surface area contributed by atoms with Crippen LogP contribution in [-0.2, 0) is 0 Å². The fourth-order valence-electron chi connectivity index (χ4n) is 1.07. The Balaban J connectivity index is 2.62. The predicted molar refractivity (Wildman–Crippen MR) is 63.2 cm³/mol. The molecule has 0 saturated carbocycles. The third-order valence-corrected chi connectivity index (χ3v) is 1.75. The maximum absolute atomic E-state index is 4.29. The Labute approximate surface area is 85.5 Å². The number of hydrogen-bond donors (Lipinski definition) is 0. The maximum Gasteiger partial charge on any atom is 0.0629 e. The fourth-order valence-corrected chi connectivity index (χ4v) is 1.07. The highest BCUT2D eigenvalue weighted by Gasteiger charge is 1.81. The molecule has 0 atom stereocenters. The van der Waals surface area contributed by atoms with Crippen LogP contribution in [0.3, 0.4) is 0 Å². The van der Waals surface area contributed by atoms with Gasteiger partial charge in [-0.05, 0) is 37.6 Å². The Morgan fingerprint density at radius 2 is 1.93 bits per heavy atom. The van der Waals surface area contributed by atoms with Crippen molar-refractivity contribution < 1.29 is 0 Å². The van der Waals surface area contributed by atoms with E-state index in [1.54, 1.807) is 0 Å². The summed E-state index contributed by atoms with van der Waals surface area (Å²) >= 11 is 0. The fraction of sp³-hybridized carbons (Fsp3) is 0.154. The van der Waals surface area contributed by atoms with Crippen LogP contribution in [0.4, 0.5) is 5.69 Å². The summed E-state index contributed by atoms with van der Waals surface area (Å²) in [4.78, 5) is 4.29. The minimum Gasteiger partial charge on any atom is -0.257 e. The average Bonchev–Trinajstić information content (AvgIpc) is 2.20. The van der Waals surface area contributed by atoms with Crippen LogP contribution in [-0.4, -0.2) is 6.21 Å². The van der Waals surface area contributed by atoms with Gasteiger partial charge in [-0.2, -0.15) is 0 Å². The number of para-hydroxylation sites is 1. The van der Waals surface area contributed by atoms with Gasteiger partial charge in [0.25, 0.3) is 0 Å². The lowest BCUT2D eigenvalue weighted by Gasteiger charge is -1.89. The SMILES string of the molecule is C/C=C/C(C)=C/C=N/c1ccccc1. The van der Waals surface area contributed by atoms with Crippen LogP contribution in [0.1, 0.15) is 13.8 Å². The van der Waals surface area contributed by atoms with Gasteiger partial charge in [-0.25, -0.2) is 0 Å². The number of aliphatic imine (C=N–C) groups is 1. The van der Waals surface area contributed by atoms with E-state index in [1.807, 2.05) is 55.6 Å². The molecule has 0 heterocycles.